The SMILES string of the molecule is CC(C)(C)N1C(=O)[C@H]2[C@@H](C1=O)[C@@]1(N[C@@H]2CCC(=O)O)C(=O)Nc2c(Cl)cccc21. The number of hydrogen-bond donors (Lipinski definition) is 3. The number of aliphatic carboxylic acids is 1. The molecule has 0 bridgehead atoms. The summed E-state index contributed by atoms with van der Waals surface area (Å²) < 4.78 is 0. The normalized spacial score (nSPS) is 30.7. The third-order valence-corrected chi connectivity index (χ3v) is 6.35. The van der Waals surface area contributed by atoms with Gasteiger partial charge in [0, 0.05) is 23.6 Å². The van der Waals surface area contributed by atoms with Crippen LogP contribution in [0.3, 0.4) is 0 Å². The first-order chi connectivity index (χ1) is 13.5. The summed E-state index contributed by atoms with van der Waals surface area (Å²) in [5.41, 5.74) is -1.29. The molecule has 0 aromatic heterocycles. The van der Waals surface area contributed by atoms with Gasteiger partial charge in [-0.25, -0.2) is 0 Å². The predicted molar refractivity (Wildman–Crippen MR) is 104 cm³/mol. The van der Waals surface area contributed by atoms with Gasteiger partial charge in [0.15, 0.2) is 0 Å². The molecule has 3 heterocycles. The number of nitrogens with zero attached hydrogens (tertiary/aromatic N) is 1. The zero-order chi connectivity index (χ0) is 21.3. The van der Waals surface area contributed by atoms with Crippen molar-refractivity contribution in [2.45, 2.75) is 50.7 Å². The molecule has 0 aliphatic carbocycles. The van der Waals surface area contributed by atoms with E-state index in [1.54, 1.807) is 39.0 Å². The standard InChI is InChI=1S/C20H22ClN3O5/c1-19(2,3)24-16(27)13-11(7-8-12(25)26)23-20(14(13)17(24)28)9-5-4-6-10(21)15(9)22-18(20)29/h4-6,11,13-14,23H,7-8H2,1-3H3,(H,22,29)(H,25,26)/t11-,13-,14+,20-/m1/s1. The highest BCUT2D eigenvalue weighted by Gasteiger charge is 2.71. The fourth-order valence-electron chi connectivity index (χ4n) is 4.98. The summed E-state index contributed by atoms with van der Waals surface area (Å²) >= 11 is 6.26. The van der Waals surface area contributed by atoms with Gasteiger partial charge in [0.05, 0.1) is 22.5 Å². The molecule has 9 heteroatoms. The number of para-hydroxylation sites is 1. The zero-order valence-electron chi connectivity index (χ0n) is 16.3. The molecule has 154 valence electrons. The molecule has 1 aromatic carbocycles. The van der Waals surface area contributed by atoms with E-state index in [-0.39, 0.29) is 18.7 Å². The van der Waals surface area contributed by atoms with Gasteiger partial charge < -0.3 is 10.4 Å². The molecule has 29 heavy (non-hydrogen) atoms. The van der Waals surface area contributed by atoms with Crippen molar-refractivity contribution in [2.75, 3.05) is 5.32 Å². The number of imide groups is 1. The number of amides is 3. The van der Waals surface area contributed by atoms with Gasteiger partial charge in [-0.3, -0.25) is 29.4 Å². The van der Waals surface area contributed by atoms with E-state index in [1.165, 1.54) is 4.90 Å². The number of hydrogen-bond acceptors (Lipinski definition) is 5. The molecule has 3 N–H and O–H groups in total. The van der Waals surface area contributed by atoms with Crippen LogP contribution in [0.5, 0.6) is 0 Å². The van der Waals surface area contributed by atoms with Crippen LogP contribution in [0.1, 0.15) is 39.2 Å². The van der Waals surface area contributed by atoms with Crippen LogP contribution >= 0.6 is 11.6 Å². The van der Waals surface area contributed by atoms with Gasteiger partial charge in [0.2, 0.25) is 17.7 Å². The summed E-state index contributed by atoms with van der Waals surface area (Å²) in [6, 6.07) is 4.40. The minimum absolute atomic E-state index is 0.123. The average molecular weight is 420 g/mol. The number of benzene rings is 1. The van der Waals surface area contributed by atoms with E-state index >= 15 is 0 Å². The van der Waals surface area contributed by atoms with Crippen LogP contribution in [0.2, 0.25) is 5.02 Å². The highest BCUT2D eigenvalue weighted by molar-refractivity contribution is 6.35. The van der Waals surface area contributed by atoms with Crippen LogP contribution in [0, 0.1) is 11.8 Å². The number of nitrogens with one attached hydrogen (secondary N) is 2. The maximum absolute atomic E-state index is 13.5. The molecule has 0 radical (unpaired) electrons. The van der Waals surface area contributed by atoms with Crippen molar-refractivity contribution in [3.05, 3.63) is 28.8 Å². The maximum atomic E-state index is 13.5. The Hall–Kier alpha value is -2.45. The van der Waals surface area contributed by atoms with Crippen LogP contribution in [-0.2, 0) is 24.7 Å². The van der Waals surface area contributed by atoms with Gasteiger partial charge in [-0.2, -0.15) is 0 Å². The minimum atomic E-state index is -1.46. The van der Waals surface area contributed by atoms with Crippen LogP contribution in [0.4, 0.5) is 5.69 Å². The van der Waals surface area contributed by atoms with Crippen LogP contribution in [0.25, 0.3) is 0 Å². The topological polar surface area (TPSA) is 116 Å². The Morgan fingerprint density at radius 1 is 1.24 bits per heavy atom. The summed E-state index contributed by atoms with van der Waals surface area (Å²) in [6.45, 7) is 5.28. The second kappa shape index (κ2) is 6.27. The van der Waals surface area contributed by atoms with Gasteiger partial charge in [-0.15, -0.1) is 0 Å². The summed E-state index contributed by atoms with van der Waals surface area (Å²) in [6.07, 6.45) is -0.0591. The number of fused-ring (bicyclic) bond motifs is 4. The number of carbonyl (C=O) groups is 4. The smallest absolute Gasteiger partial charge is 0.303 e. The van der Waals surface area contributed by atoms with Crippen LogP contribution in [0.15, 0.2) is 18.2 Å². The van der Waals surface area contributed by atoms with E-state index in [4.69, 9.17) is 16.7 Å². The van der Waals surface area contributed by atoms with Crippen molar-refractivity contribution in [1.82, 2.24) is 10.2 Å². The molecule has 8 nitrogen and oxygen atoms in total. The number of carboxylic acid groups (broad SMARTS) is 1. The lowest BCUT2D eigenvalue weighted by molar-refractivity contribution is -0.148. The van der Waals surface area contributed by atoms with Crippen molar-refractivity contribution in [3.8, 4) is 0 Å². The first-order valence-corrected chi connectivity index (χ1v) is 9.86. The largest absolute Gasteiger partial charge is 0.481 e. The molecule has 3 aliphatic rings. The average Bonchev–Trinajstić information content (AvgIpc) is 3.19. The molecule has 4 rings (SSSR count). The molecule has 2 fully saturated rings. The highest BCUT2D eigenvalue weighted by atomic mass is 35.5. The summed E-state index contributed by atoms with van der Waals surface area (Å²) in [5.74, 6) is -4.06. The van der Waals surface area contributed by atoms with Crippen molar-refractivity contribution in [3.63, 3.8) is 0 Å². The van der Waals surface area contributed by atoms with E-state index in [0.717, 1.165) is 0 Å². The maximum Gasteiger partial charge on any atom is 0.303 e. The third-order valence-electron chi connectivity index (χ3n) is 6.04. The highest BCUT2D eigenvalue weighted by Crippen LogP contribution is 2.55. The van der Waals surface area contributed by atoms with Crippen LogP contribution < -0.4 is 10.6 Å². The number of anilines is 1. The molecule has 3 aliphatic heterocycles. The fraction of sp³-hybridized carbons (Fsp3) is 0.500. The Kier molecular flexibility index (Phi) is 4.29. The number of carbonyl (C=O) groups excluding carboxylic acids is 3. The molecule has 2 saturated heterocycles. The van der Waals surface area contributed by atoms with E-state index in [1.807, 2.05) is 0 Å². The first kappa shape index (κ1) is 19.8. The molecule has 3 amide bonds. The quantitative estimate of drug-likeness (QED) is 0.642. The molecule has 4 atom stereocenters. The van der Waals surface area contributed by atoms with Gasteiger partial charge in [0.1, 0.15) is 5.54 Å². The number of carboxylic acids is 1. The summed E-state index contributed by atoms with van der Waals surface area (Å²) in [4.78, 5) is 52.3. The molecule has 1 aromatic rings. The Morgan fingerprint density at radius 3 is 2.55 bits per heavy atom. The number of halogens is 1. The van der Waals surface area contributed by atoms with Gasteiger partial charge >= 0.3 is 5.97 Å². The summed E-state index contributed by atoms with van der Waals surface area (Å²) in [5, 5.41) is 15.4. The lowest BCUT2D eigenvalue weighted by Gasteiger charge is -2.34. The van der Waals surface area contributed by atoms with Crippen molar-refractivity contribution in [1.29, 1.82) is 0 Å². The minimum Gasteiger partial charge on any atom is -0.481 e. The Bertz CT molecular complexity index is 956. The molecular weight excluding hydrogens is 398 g/mol. The van der Waals surface area contributed by atoms with Crippen molar-refractivity contribution in [2.24, 2.45) is 11.8 Å². The second-order valence-electron chi connectivity index (χ2n) is 8.79. The van der Waals surface area contributed by atoms with E-state index in [0.29, 0.717) is 16.3 Å². The van der Waals surface area contributed by atoms with E-state index in [9.17, 15) is 19.2 Å². The Labute approximate surface area is 172 Å². The molecular formula is C20H22ClN3O5. The van der Waals surface area contributed by atoms with E-state index < -0.39 is 46.7 Å². The molecule has 0 saturated carbocycles. The number of likely N-dealkylation sites (tertiary alicyclic amines) is 1. The predicted octanol–water partition coefficient (Wildman–Crippen LogP) is 1.72. The van der Waals surface area contributed by atoms with Crippen molar-refractivity contribution >= 4 is 41.0 Å². The monoisotopic (exact) mass is 419 g/mol. The Balaban J connectivity index is 1.88. The van der Waals surface area contributed by atoms with E-state index in [2.05, 4.69) is 10.6 Å². The molecule has 0 unspecified atom stereocenters. The van der Waals surface area contributed by atoms with Gasteiger partial charge in [-0.1, -0.05) is 23.7 Å². The van der Waals surface area contributed by atoms with Gasteiger partial charge in [-0.05, 0) is 33.3 Å². The summed E-state index contributed by atoms with van der Waals surface area (Å²) in [7, 11) is 0. The van der Waals surface area contributed by atoms with Crippen LogP contribution in [-0.4, -0.2) is 45.3 Å². The lowest BCUT2D eigenvalue weighted by atomic mass is 9.76. The number of rotatable bonds is 3. The molecule has 1 spiro atoms. The fourth-order valence-corrected chi connectivity index (χ4v) is 5.20. The van der Waals surface area contributed by atoms with Gasteiger partial charge in [0.25, 0.3) is 0 Å². The zero-order valence-corrected chi connectivity index (χ0v) is 17.0. The lowest BCUT2D eigenvalue weighted by Crippen LogP contribution is -2.55. The third kappa shape index (κ3) is 2.62. The Morgan fingerprint density at radius 2 is 1.93 bits per heavy atom. The first-order valence-electron chi connectivity index (χ1n) is 9.48. The van der Waals surface area contributed by atoms with Crippen molar-refractivity contribution < 1.29 is 24.3 Å². The second-order valence-corrected chi connectivity index (χ2v) is 9.20.